The molecule has 3 heterocycles. The lowest BCUT2D eigenvalue weighted by atomic mass is 10.2. The largest absolute Gasteiger partial charge is 0.379 e. The fourth-order valence-corrected chi connectivity index (χ4v) is 5.14. The lowest BCUT2D eigenvalue weighted by Crippen LogP contribution is -2.40. The normalized spacial score (nSPS) is 16.0. The van der Waals surface area contributed by atoms with Crippen LogP contribution in [0.4, 0.5) is 0 Å². The molecular formula is C15H17N3O4S2. The summed E-state index contributed by atoms with van der Waals surface area (Å²) in [5.74, 6) is -0.219. The van der Waals surface area contributed by atoms with Gasteiger partial charge in [0.15, 0.2) is 0 Å². The summed E-state index contributed by atoms with van der Waals surface area (Å²) < 4.78 is 32.0. The lowest BCUT2D eigenvalue weighted by molar-refractivity contribution is 0.0731. The van der Waals surface area contributed by atoms with Gasteiger partial charge in [-0.15, -0.1) is 11.3 Å². The fraction of sp³-hybridized carbons (Fsp3) is 0.333. The minimum Gasteiger partial charge on any atom is -0.379 e. The molecule has 0 bridgehead atoms. The van der Waals surface area contributed by atoms with Crippen LogP contribution >= 0.6 is 11.3 Å². The number of nitrogens with one attached hydrogen (secondary N) is 1. The van der Waals surface area contributed by atoms with Crippen molar-refractivity contribution in [2.75, 3.05) is 26.3 Å². The average Bonchev–Trinajstić information content (AvgIpc) is 3.11. The fourth-order valence-electron chi connectivity index (χ4n) is 2.28. The smallest absolute Gasteiger partial charge is 0.252 e. The number of nitrogens with zero attached hydrogens (tertiary/aromatic N) is 2. The van der Waals surface area contributed by atoms with Gasteiger partial charge in [0.05, 0.1) is 19.8 Å². The van der Waals surface area contributed by atoms with Crippen LogP contribution in [0.1, 0.15) is 15.2 Å². The molecule has 0 aliphatic carbocycles. The Morgan fingerprint density at radius 3 is 2.62 bits per heavy atom. The Morgan fingerprint density at radius 2 is 1.92 bits per heavy atom. The molecular weight excluding hydrogens is 350 g/mol. The summed E-state index contributed by atoms with van der Waals surface area (Å²) in [7, 11) is -3.48. The predicted molar refractivity (Wildman–Crippen MR) is 89.3 cm³/mol. The number of morpholine rings is 1. The number of aromatic nitrogens is 1. The van der Waals surface area contributed by atoms with Gasteiger partial charge in [0.25, 0.3) is 15.9 Å². The van der Waals surface area contributed by atoms with Crippen molar-refractivity contribution in [2.24, 2.45) is 0 Å². The number of sulfonamides is 1. The molecule has 24 heavy (non-hydrogen) atoms. The Morgan fingerprint density at radius 1 is 1.21 bits per heavy atom. The molecule has 0 radical (unpaired) electrons. The Kier molecular flexibility index (Phi) is 5.24. The summed E-state index contributed by atoms with van der Waals surface area (Å²) in [6.07, 6.45) is 3.10. The van der Waals surface area contributed by atoms with Gasteiger partial charge in [-0.1, -0.05) is 0 Å². The van der Waals surface area contributed by atoms with Gasteiger partial charge >= 0.3 is 0 Å². The summed E-state index contributed by atoms with van der Waals surface area (Å²) in [6, 6.07) is 6.56. The number of carbonyl (C=O) groups excluding carboxylic acids is 1. The third-order valence-electron chi connectivity index (χ3n) is 3.57. The minimum atomic E-state index is -3.48. The molecule has 3 rings (SSSR count). The van der Waals surface area contributed by atoms with Crippen molar-refractivity contribution in [1.82, 2.24) is 14.6 Å². The molecule has 2 aromatic heterocycles. The van der Waals surface area contributed by atoms with Crippen LogP contribution in [0.15, 0.2) is 40.9 Å². The summed E-state index contributed by atoms with van der Waals surface area (Å²) in [4.78, 5) is 16.6. The van der Waals surface area contributed by atoms with Gasteiger partial charge in [0.1, 0.15) is 4.21 Å². The topological polar surface area (TPSA) is 88.6 Å². The monoisotopic (exact) mass is 367 g/mol. The number of ether oxygens (including phenoxy) is 1. The SMILES string of the molecule is O=C(NCc1ccc(S(=O)(=O)N2CCOCC2)s1)c1ccncc1. The third kappa shape index (κ3) is 3.81. The molecule has 1 saturated heterocycles. The van der Waals surface area contributed by atoms with Crippen molar-refractivity contribution in [1.29, 1.82) is 0 Å². The van der Waals surface area contributed by atoms with Gasteiger partial charge in [0, 0.05) is 35.9 Å². The van der Waals surface area contributed by atoms with Crippen molar-refractivity contribution in [2.45, 2.75) is 10.8 Å². The first-order valence-electron chi connectivity index (χ1n) is 7.42. The Labute approximate surface area is 144 Å². The molecule has 0 unspecified atom stereocenters. The van der Waals surface area contributed by atoms with Gasteiger partial charge < -0.3 is 10.1 Å². The van der Waals surface area contributed by atoms with Crippen LogP contribution in [0, 0.1) is 0 Å². The van der Waals surface area contributed by atoms with E-state index in [1.165, 1.54) is 15.6 Å². The van der Waals surface area contributed by atoms with E-state index in [1.807, 2.05) is 0 Å². The maximum absolute atomic E-state index is 12.5. The van der Waals surface area contributed by atoms with Gasteiger partial charge in [-0.3, -0.25) is 9.78 Å². The molecule has 2 aromatic rings. The number of amides is 1. The summed E-state index contributed by atoms with van der Waals surface area (Å²) in [5, 5.41) is 2.77. The molecule has 7 nitrogen and oxygen atoms in total. The van der Waals surface area contributed by atoms with E-state index in [0.717, 1.165) is 4.88 Å². The molecule has 9 heteroatoms. The highest BCUT2D eigenvalue weighted by Crippen LogP contribution is 2.25. The van der Waals surface area contributed by atoms with Crippen molar-refractivity contribution in [3.05, 3.63) is 47.1 Å². The molecule has 1 aliphatic heterocycles. The second-order valence-electron chi connectivity index (χ2n) is 5.16. The van der Waals surface area contributed by atoms with E-state index in [1.54, 1.807) is 36.7 Å². The highest BCUT2D eigenvalue weighted by Gasteiger charge is 2.27. The van der Waals surface area contributed by atoms with Crippen LogP contribution in [0.5, 0.6) is 0 Å². The molecule has 0 atom stereocenters. The Balaban J connectivity index is 1.64. The van der Waals surface area contributed by atoms with Crippen LogP contribution < -0.4 is 5.32 Å². The van der Waals surface area contributed by atoms with E-state index in [2.05, 4.69) is 10.3 Å². The number of rotatable bonds is 5. The molecule has 0 saturated carbocycles. The number of pyridine rings is 1. The zero-order valence-electron chi connectivity index (χ0n) is 12.8. The van der Waals surface area contributed by atoms with Gasteiger partial charge in [-0.25, -0.2) is 8.42 Å². The first-order chi connectivity index (χ1) is 11.6. The molecule has 1 N–H and O–H groups in total. The first kappa shape index (κ1) is 17.0. The second-order valence-corrected chi connectivity index (χ2v) is 8.49. The van der Waals surface area contributed by atoms with Gasteiger partial charge in [-0.2, -0.15) is 4.31 Å². The summed E-state index contributed by atoms with van der Waals surface area (Å²) in [5.41, 5.74) is 0.516. The van der Waals surface area contributed by atoms with Crippen LogP contribution in [0.3, 0.4) is 0 Å². The van der Waals surface area contributed by atoms with Crippen LogP contribution in [-0.4, -0.2) is 49.9 Å². The quantitative estimate of drug-likeness (QED) is 0.855. The molecule has 0 aromatic carbocycles. The number of hydrogen-bond acceptors (Lipinski definition) is 6. The molecule has 0 spiro atoms. The van der Waals surface area contributed by atoms with Crippen LogP contribution in [-0.2, 0) is 21.3 Å². The Hall–Kier alpha value is -1.81. The van der Waals surface area contributed by atoms with E-state index < -0.39 is 10.0 Å². The minimum absolute atomic E-state index is 0.219. The summed E-state index contributed by atoms with van der Waals surface area (Å²) in [6.45, 7) is 1.85. The molecule has 1 amide bonds. The summed E-state index contributed by atoms with van der Waals surface area (Å²) >= 11 is 1.17. The zero-order chi connectivity index (χ0) is 17.0. The highest BCUT2D eigenvalue weighted by molar-refractivity contribution is 7.91. The lowest BCUT2D eigenvalue weighted by Gasteiger charge is -2.25. The number of hydrogen-bond donors (Lipinski definition) is 1. The van der Waals surface area contributed by atoms with Gasteiger partial charge in [-0.05, 0) is 24.3 Å². The Bertz CT molecular complexity index is 799. The van der Waals surface area contributed by atoms with E-state index >= 15 is 0 Å². The second kappa shape index (κ2) is 7.39. The predicted octanol–water partition coefficient (Wildman–Crippen LogP) is 1.09. The van der Waals surface area contributed by atoms with E-state index in [4.69, 9.17) is 4.74 Å². The van der Waals surface area contributed by atoms with E-state index in [0.29, 0.717) is 31.9 Å². The number of carbonyl (C=O) groups is 1. The van der Waals surface area contributed by atoms with Crippen molar-refractivity contribution in [3.8, 4) is 0 Å². The molecule has 128 valence electrons. The number of thiophene rings is 1. The van der Waals surface area contributed by atoms with Crippen molar-refractivity contribution in [3.63, 3.8) is 0 Å². The standard InChI is InChI=1S/C15H17N3O4S2/c19-15(12-3-5-16-6-4-12)17-11-13-1-2-14(23-13)24(20,21)18-7-9-22-10-8-18/h1-6H,7-11H2,(H,17,19). The van der Waals surface area contributed by atoms with Crippen LogP contribution in [0.2, 0.25) is 0 Å². The first-order valence-corrected chi connectivity index (χ1v) is 9.68. The average molecular weight is 367 g/mol. The highest BCUT2D eigenvalue weighted by atomic mass is 32.2. The van der Waals surface area contributed by atoms with Crippen molar-refractivity contribution >= 4 is 27.3 Å². The zero-order valence-corrected chi connectivity index (χ0v) is 14.5. The molecule has 1 aliphatic rings. The van der Waals surface area contributed by atoms with E-state index in [9.17, 15) is 13.2 Å². The van der Waals surface area contributed by atoms with Crippen molar-refractivity contribution < 1.29 is 17.9 Å². The van der Waals surface area contributed by atoms with Gasteiger partial charge in [0.2, 0.25) is 0 Å². The maximum Gasteiger partial charge on any atom is 0.252 e. The third-order valence-corrected chi connectivity index (χ3v) is 7.02. The van der Waals surface area contributed by atoms with Crippen LogP contribution in [0.25, 0.3) is 0 Å². The molecule has 1 fully saturated rings. The van der Waals surface area contributed by atoms with E-state index in [-0.39, 0.29) is 16.7 Å². The maximum atomic E-state index is 12.5.